The highest BCUT2D eigenvalue weighted by Gasteiger charge is 2.31. The maximum Gasteiger partial charge on any atom is 0.259 e. The first-order valence-electron chi connectivity index (χ1n) is 9.27. The Morgan fingerprint density at radius 1 is 1.31 bits per heavy atom. The highest BCUT2D eigenvalue weighted by Crippen LogP contribution is 2.41. The third-order valence-corrected chi connectivity index (χ3v) is 5.28. The van der Waals surface area contributed by atoms with Crippen molar-refractivity contribution >= 4 is 22.6 Å². The molecule has 2 aliphatic rings. The molecule has 6 heteroatoms. The number of carbonyl (C=O) groups is 1. The number of hydrogen-bond acceptors (Lipinski definition) is 4. The highest BCUT2D eigenvalue weighted by molar-refractivity contribution is 6.14. The van der Waals surface area contributed by atoms with Crippen LogP contribution in [0.4, 0.5) is 5.69 Å². The minimum absolute atomic E-state index is 0.0226. The second-order valence-electron chi connectivity index (χ2n) is 7.47. The van der Waals surface area contributed by atoms with Crippen LogP contribution < -0.4 is 4.90 Å². The van der Waals surface area contributed by atoms with Gasteiger partial charge in [-0.05, 0) is 44.9 Å². The largest absolute Gasteiger partial charge is 0.306 e. The number of aromatic nitrogens is 4. The predicted molar refractivity (Wildman–Crippen MR) is 99.5 cm³/mol. The fourth-order valence-electron chi connectivity index (χ4n) is 3.74. The molecule has 26 heavy (non-hydrogen) atoms. The van der Waals surface area contributed by atoms with E-state index in [2.05, 4.69) is 23.9 Å². The second-order valence-corrected chi connectivity index (χ2v) is 7.47. The van der Waals surface area contributed by atoms with Crippen LogP contribution in [0.5, 0.6) is 0 Å². The lowest BCUT2D eigenvalue weighted by atomic mass is 10.1. The molecule has 3 aromatic rings. The summed E-state index contributed by atoms with van der Waals surface area (Å²) in [4.78, 5) is 24.5. The fraction of sp³-hybridized carbons (Fsp3) is 0.400. The molecule has 0 bridgehead atoms. The van der Waals surface area contributed by atoms with Gasteiger partial charge in [-0.25, -0.2) is 9.67 Å². The van der Waals surface area contributed by atoms with Crippen LogP contribution in [0.15, 0.2) is 30.6 Å². The summed E-state index contributed by atoms with van der Waals surface area (Å²) in [5, 5.41) is 5.34. The van der Waals surface area contributed by atoms with Gasteiger partial charge in [-0.3, -0.25) is 9.78 Å². The molecular formula is C20H21N5O. The Labute approximate surface area is 151 Å². The molecule has 6 nitrogen and oxygen atoms in total. The Morgan fingerprint density at radius 2 is 2.15 bits per heavy atom. The summed E-state index contributed by atoms with van der Waals surface area (Å²) >= 11 is 0. The first-order chi connectivity index (χ1) is 12.6. The fourth-order valence-corrected chi connectivity index (χ4v) is 3.74. The molecule has 0 saturated heterocycles. The van der Waals surface area contributed by atoms with Crippen LogP contribution in [0.2, 0.25) is 0 Å². The topological polar surface area (TPSA) is 63.9 Å². The Hall–Kier alpha value is -2.76. The molecule has 0 N–H and O–H groups in total. The van der Waals surface area contributed by atoms with E-state index in [9.17, 15) is 4.79 Å². The number of rotatable bonds is 3. The van der Waals surface area contributed by atoms with Gasteiger partial charge in [0, 0.05) is 36.8 Å². The van der Waals surface area contributed by atoms with Crippen molar-refractivity contribution in [2.75, 3.05) is 11.4 Å². The lowest BCUT2D eigenvalue weighted by molar-refractivity contribution is 0.0991. The van der Waals surface area contributed by atoms with E-state index < -0.39 is 0 Å². The summed E-state index contributed by atoms with van der Waals surface area (Å²) < 4.78 is 1.91. The predicted octanol–water partition coefficient (Wildman–Crippen LogP) is 3.49. The van der Waals surface area contributed by atoms with Crippen molar-refractivity contribution in [3.63, 3.8) is 0 Å². The summed E-state index contributed by atoms with van der Waals surface area (Å²) in [5.41, 5.74) is 4.46. The van der Waals surface area contributed by atoms with Crippen LogP contribution in [0, 0.1) is 0 Å². The molecule has 5 rings (SSSR count). The SMILES string of the molecule is CC(C)n1ncc2c(C(=O)N3CCc4ncccc43)cc(C3CC3)nc21. The number of hydrogen-bond donors (Lipinski definition) is 0. The zero-order chi connectivity index (χ0) is 17.8. The third-order valence-electron chi connectivity index (χ3n) is 5.28. The molecule has 1 aliphatic carbocycles. The summed E-state index contributed by atoms with van der Waals surface area (Å²) in [6, 6.07) is 6.06. The van der Waals surface area contributed by atoms with Gasteiger partial charge in [0.25, 0.3) is 5.91 Å². The molecule has 0 atom stereocenters. The van der Waals surface area contributed by atoms with Gasteiger partial charge in [-0.1, -0.05) is 0 Å². The zero-order valence-electron chi connectivity index (χ0n) is 15.0. The van der Waals surface area contributed by atoms with Crippen LogP contribution in [-0.4, -0.2) is 32.2 Å². The van der Waals surface area contributed by atoms with Gasteiger partial charge in [0.15, 0.2) is 5.65 Å². The first-order valence-corrected chi connectivity index (χ1v) is 9.27. The standard InChI is InChI=1S/C20H21N5O/c1-12(2)25-19-15(11-22-25)14(10-17(23-19)13-5-6-13)20(26)24-9-7-16-18(24)4-3-8-21-16/h3-4,8,10-13H,5-7,9H2,1-2H3. The molecule has 4 heterocycles. The molecule has 1 amide bonds. The van der Waals surface area contributed by atoms with Gasteiger partial charge in [0.1, 0.15) is 0 Å². The average Bonchev–Trinajstić information content (AvgIpc) is 3.26. The lowest BCUT2D eigenvalue weighted by Gasteiger charge is -2.18. The Balaban J connectivity index is 1.65. The number of pyridine rings is 2. The lowest BCUT2D eigenvalue weighted by Crippen LogP contribution is -2.29. The molecule has 0 unspecified atom stereocenters. The molecule has 0 aromatic carbocycles. The van der Waals surface area contributed by atoms with Gasteiger partial charge in [0.2, 0.25) is 0 Å². The van der Waals surface area contributed by atoms with E-state index >= 15 is 0 Å². The highest BCUT2D eigenvalue weighted by atomic mass is 16.2. The Morgan fingerprint density at radius 3 is 2.92 bits per heavy atom. The van der Waals surface area contributed by atoms with Crippen molar-refractivity contribution in [3.05, 3.63) is 47.5 Å². The van der Waals surface area contributed by atoms with Gasteiger partial charge >= 0.3 is 0 Å². The van der Waals surface area contributed by atoms with Crippen molar-refractivity contribution < 1.29 is 4.79 Å². The summed E-state index contributed by atoms with van der Waals surface area (Å²) in [6.07, 6.45) is 6.68. The van der Waals surface area contributed by atoms with Crippen molar-refractivity contribution in [2.45, 2.75) is 45.1 Å². The molecular weight excluding hydrogens is 326 g/mol. The smallest absolute Gasteiger partial charge is 0.259 e. The normalized spacial score (nSPS) is 16.5. The molecule has 132 valence electrons. The summed E-state index contributed by atoms with van der Waals surface area (Å²) in [5.74, 6) is 0.503. The van der Waals surface area contributed by atoms with E-state index in [1.165, 1.54) is 0 Å². The molecule has 1 aliphatic heterocycles. The number of fused-ring (bicyclic) bond motifs is 2. The van der Waals surface area contributed by atoms with Gasteiger partial charge in [-0.15, -0.1) is 0 Å². The monoisotopic (exact) mass is 347 g/mol. The van der Waals surface area contributed by atoms with Gasteiger partial charge < -0.3 is 4.90 Å². The van der Waals surface area contributed by atoms with Crippen molar-refractivity contribution in [1.82, 2.24) is 19.7 Å². The van der Waals surface area contributed by atoms with E-state index in [-0.39, 0.29) is 11.9 Å². The van der Waals surface area contributed by atoms with Crippen LogP contribution in [0.25, 0.3) is 11.0 Å². The average molecular weight is 347 g/mol. The Kier molecular flexibility index (Phi) is 3.35. The third kappa shape index (κ3) is 2.32. The van der Waals surface area contributed by atoms with E-state index in [4.69, 9.17) is 4.98 Å². The van der Waals surface area contributed by atoms with Gasteiger partial charge in [-0.2, -0.15) is 5.10 Å². The van der Waals surface area contributed by atoms with Crippen molar-refractivity contribution in [2.24, 2.45) is 0 Å². The Bertz CT molecular complexity index is 1020. The summed E-state index contributed by atoms with van der Waals surface area (Å²) in [7, 11) is 0. The summed E-state index contributed by atoms with van der Waals surface area (Å²) in [6.45, 7) is 4.84. The molecule has 3 aromatic heterocycles. The quantitative estimate of drug-likeness (QED) is 0.727. The minimum atomic E-state index is 0.0226. The number of nitrogens with zero attached hydrogens (tertiary/aromatic N) is 5. The van der Waals surface area contributed by atoms with Crippen LogP contribution in [0.3, 0.4) is 0 Å². The molecule has 1 saturated carbocycles. The van der Waals surface area contributed by atoms with E-state index in [0.29, 0.717) is 18.0 Å². The maximum atomic E-state index is 13.4. The van der Waals surface area contributed by atoms with Crippen LogP contribution in [-0.2, 0) is 6.42 Å². The number of amides is 1. The van der Waals surface area contributed by atoms with Crippen LogP contribution >= 0.6 is 0 Å². The van der Waals surface area contributed by atoms with Gasteiger partial charge in [0.05, 0.1) is 28.5 Å². The van der Waals surface area contributed by atoms with Crippen molar-refractivity contribution in [3.8, 4) is 0 Å². The van der Waals surface area contributed by atoms with E-state index in [1.54, 1.807) is 12.4 Å². The second kappa shape index (κ2) is 5.62. The van der Waals surface area contributed by atoms with E-state index in [1.807, 2.05) is 27.8 Å². The molecule has 1 fully saturated rings. The zero-order valence-corrected chi connectivity index (χ0v) is 15.0. The molecule has 0 radical (unpaired) electrons. The maximum absolute atomic E-state index is 13.4. The number of anilines is 1. The molecule has 0 spiro atoms. The first kappa shape index (κ1) is 15.5. The van der Waals surface area contributed by atoms with Crippen molar-refractivity contribution in [1.29, 1.82) is 0 Å². The number of carbonyl (C=O) groups excluding carboxylic acids is 1. The minimum Gasteiger partial charge on any atom is -0.306 e. The van der Waals surface area contributed by atoms with Crippen LogP contribution in [0.1, 0.15) is 60.4 Å². The van der Waals surface area contributed by atoms with E-state index in [0.717, 1.165) is 47.4 Å².